The van der Waals surface area contributed by atoms with Crippen molar-refractivity contribution in [3.8, 4) is 0 Å². The molecule has 0 saturated heterocycles. The SMILES string of the molecule is O=C(O)C1CCCC1Nc1ncc(Br)cc1[N+](=O)[O-]. The lowest BCUT2D eigenvalue weighted by Crippen LogP contribution is -2.30. The van der Waals surface area contributed by atoms with Gasteiger partial charge in [0, 0.05) is 22.8 Å². The first kappa shape index (κ1) is 13.7. The van der Waals surface area contributed by atoms with E-state index in [0.717, 1.165) is 6.42 Å². The summed E-state index contributed by atoms with van der Waals surface area (Å²) >= 11 is 3.12. The van der Waals surface area contributed by atoms with Crippen molar-refractivity contribution >= 4 is 33.4 Å². The second-order valence-corrected chi connectivity index (χ2v) is 5.32. The van der Waals surface area contributed by atoms with Gasteiger partial charge in [0.1, 0.15) is 0 Å². The van der Waals surface area contributed by atoms with Gasteiger partial charge in [-0.05, 0) is 28.8 Å². The molecule has 1 aromatic rings. The number of hydrogen-bond donors (Lipinski definition) is 2. The lowest BCUT2D eigenvalue weighted by molar-refractivity contribution is -0.384. The van der Waals surface area contributed by atoms with Crippen molar-refractivity contribution < 1.29 is 14.8 Å². The molecule has 1 saturated carbocycles. The van der Waals surface area contributed by atoms with E-state index in [0.29, 0.717) is 17.3 Å². The summed E-state index contributed by atoms with van der Waals surface area (Å²) in [5.41, 5.74) is -0.162. The Morgan fingerprint density at radius 2 is 2.32 bits per heavy atom. The number of nitrogens with one attached hydrogen (secondary N) is 1. The summed E-state index contributed by atoms with van der Waals surface area (Å²) < 4.78 is 0.506. The average molecular weight is 330 g/mol. The number of aromatic nitrogens is 1. The van der Waals surface area contributed by atoms with Crippen LogP contribution in [0.15, 0.2) is 16.7 Å². The normalized spacial score (nSPS) is 22.2. The average Bonchev–Trinajstić information content (AvgIpc) is 2.79. The second-order valence-electron chi connectivity index (χ2n) is 4.40. The van der Waals surface area contributed by atoms with E-state index in [1.54, 1.807) is 0 Å². The highest BCUT2D eigenvalue weighted by atomic mass is 79.9. The van der Waals surface area contributed by atoms with Crippen molar-refractivity contribution in [1.82, 2.24) is 4.98 Å². The molecule has 1 aromatic heterocycles. The summed E-state index contributed by atoms with van der Waals surface area (Å²) in [7, 11) is 0. The van der Waals surface area contributed by atoms with Crippen molar-refractivity contribution in [2.75, 3.05) is 5.32 Å². The summed E-state index contributed by atoms with van der Waals surface area (Å²) in [5.74, 6) is -1.29. The Morgan fingerprint density at radius 1 is 1.58 bits per heavy atom. The van der Waals surface area contributed by atoms with Crippen LogP contribution in [0.4, 0.5) is 11.5 Å². The van der Waals surface area contributed by atoms with E-state index in [2.05, 4.69) is 26.2 Å². The van der Waals surface area contributed by atoms with Gasteiger partial charge in [-0.15, -0.1) is 0 Å². The number of aliphatic carboxylic acids is 1. The fourth-order valence-electron chi connectivity index (χ4n) is 2.28. The second kappa shape index (κ2) is 5.52. The van der Waals surface area contributed by atoms with Crippen molar-refractivity contribution in [1.29, 1.82) is 0 Å². The largest absolute Gasteiger partial charge is 0.481 e. The van der Waals surface area contributed by atoms with E-state index >= 15 is 0 Å². The molecule has 1 fully saturated rings. The van der Waals surface area contributed by atoms with Gasteiger partial charge in [-0.1, -0.05) is 6.42 Å². The molecule has 19 heavy (non-hydrogen) atoms. The molecule has 7 nitrogen and oxygen atoms in total. The van der Waals surface area contributed by atoms with E-state index in [-0.39, 0.29) is 17.5 Å². The molecule has 2 rings (SSSR count). The van der Waals surface area contributed by atoms with Gasteiger partial charge < -0.3 is 10.4 Å². The first-order chi connectivity index (χ1) is 8.99. The first-order valence-electron chi connectivity index (χ1n) is 5.78. The van der Waals surface area contributed by atoms with Crippen LogP contribution in [0.3, 0.4) is 0 Å². The minimum Gasteiger partial charge on any atom is -0.481 e. The lowest BCUT2D eigenvalue weighted by Gasteiger charge is -2.17. The maximum atomic E-state index is 11.1. The van der Waals surface area contributed by atoms with Gasteiger partial charge in [0.05, 0.1) is 10.8 Å². The lowest BCUT2D eigenvalue weighted by atomic mass is 10.0. The van der Waals surface area contributed by atoms with Gasteiger partial charge in [-0.3, -0.25) is 14.9 Å². The van der Waals surface area contributed by atoms with Gasteiger partial charge in [-0.2, -0.15) is 0 Å². The number of carboxylic acids is 1. The predicted molar refractivity (Wildman–Crippen MR) is 71.0 cm³/mol. The van der Waals surface area contributed by atoms with Crippen molar-refractivity contribution in [3.63, 3.8) is 0 Å². The van der Waals surface area contributed by atoms with Crippen LogP contribution in [-0.4, -0.2) is 27.0 Å². The Balaban J connectivity index is 2.23. The van der Waals surface area contributed by atoms with Crippen molar-refractivity contribution in [2.45, 2.75) is 25.3 Å². The maximum absolute atomic E-state index is 11.1. The number of rotatable bonds is 4. The number of nitro groups is 1. The maximum Gasteiger partial charge on any atom is 0.312 e. The number of halogens is 1. The minimum atomic E-state index is -0.880. The zero-order chi connectivity index (χ0) is 14.0. The topological polar surface area (TPSA) is 105 Å². The monoisotopic (exact) mass is 329 g/mol. The Labute approximate surface area is 117 Å². The molecule has 0 amide bonds. The Kier molecular flexibility index (Phi) is 3.98. The standard InChI is InChI=1S/C11H12BrN3O4/c12-6-4-9(15(18)19)10(13-5-6)14-8-3-1-2-7(8)11(16)17/h4-5,7-8H,1-3H2,(H,13,14)(H,16,17). The molecule has 0 radical (unpaired) electrons. The molecule has 102 valence electrons. The van der Waals surface area contributed by atoms with Crippen LogP contribution in [0.1, 0.15) is 19.3 Å². The molecular weight excluding hydrogens is 318 g/mol. The van der Waals surface area contributed by atoms with Crippen LogP contribution in [0, 0.1) is 16.0 Å². The van der Waals surface area contributed by atoms with Crippen LogP contribution in [0.2, 0.25) is 0 Å². The van der Waals surface area contributed by atoms with Crippen LogP contribution in [0.25, 0.3) is 0 Å². The van der Waals surface area contributed by atoms with Crippen LogP contribution >= 0.6 is 15.9 Å². The Hall–Kier alpha value is -1.70. The molecule has 8 heteroatoms. The van der Waals surface area contributed by atoms with Gasteiger partial charge in [-0.25, -0.2) is 4.98 Å². The molecule has 1 heterocycles. The number of hydrogen-bond acceptors (Lipinski definition) is 5. The van der Waals surface area contributed by atoms with Crippen LogP contribution < -0.4 is 5.32 Å². The van der Waals surface area contributed by atoms with E-state index in [4.69, 9.17) is 5.11 Å². The molecule has 0 bridgehead atoms. The number of pyridine rings is 1. The minimum absolute atomic E-state index is 0.117. The number of anilines is 1. The highest BCUT2D eigenvalue weighted by molar-refractivity contribution is 9.10. The molecule has 0 aliphatic heterocycles. The van der Waals surface area contributed by atoms with E-state index < -0.39 is 16.8 Å². The van der Waals surface area contributed by atoms with Gasteiger partial charge in [0.2, 0.25) is 5.82 Å². The van der Waals surface area contributed by atoms with Crippen LogP contribution in [-0.2, 0) is 4.79 Å². The van der Waals surface area contributed by atoms with E-state index in [9.17, 15) is 14.9 Å². The molecule has 0 spiro atoms. The fourth-order valence-corrected chi connectivity index (χ4v) is 2.60. The number of nitrogens with zero attached hydrogens (tertiary/aromatic N) is 2. The van der Waals surface area contributed by atoms with Gasteiger partial charge in [0.15, 0.2) is 0 Å². The number of carbonyl (C=O) groups is 1. The third-order valence-corrected chi connectivity index (χ3v) is 3.62. The summed E-state index contributed by atoms with van der Waals surface area (Å²) in [4.78, 5) is 25.5. The Morgan fingerprint density at radius 3 is 2.95 bits per heavy atom. The zero-order valence-corrected chi connectivity index (χ0v) is 11.5. The highest BCUT2D eigenvalue weighted by Crippen LogP contribution is 2.32. The summed E-state index contributed by atoms with van der Waals surface area (Å²) in [6.45, 7) is 0. The molecule has 0 aromatic carbocycles. The molecule has 1 aliphatic carbocycles. The zero-order valence-electron chi connectivity index (χ0n) is 9.88. The highest BCUT2D eigenvalue weighted by Gasteiger charge is 2.34. The predicted octanol–water partition coefficient (Wildman–Crippen LogP) is 2.42. The van der Waals surface area contributed by atoms with Gasteiger partial charge in [0.25, 0.3) is 0 Å². The molecule has 1 aliphatic rings. The smallest absolute Gasteiger partial charge is 0.312 e. The summed E-state index contributed by atoms with van der Waals surface area (Å²) in [6.07, 6.45) is 3.49. The third-order valence-electron chi connectivity index (χ3n) is 3.19. The molecule has 2 unspecified atom stereocenters. The van der Waals surface area contributed by atoms with Gasteiger partial charge >= 0.3 is 11.7 Å². The van der Waals surface area contributed by atoms with E-state index in [1.807, 2.05) is 0 Å². The van der Waals surface area contributed by atoms with Crippen molar-refractivity contribution in [2.24, 2.45) is 5.92 Å². The molecular formula is C11H12BrN3O4. The van der Waals surface area contributed by atoms with Crippen molar-refractivity contribution in [3.05, 3.63) is 26.9 Å². The van der Waals surface area contributed by atoms with Crippen LogP contribution in [0.5, 0.6) is 0 Å². The summed E-state index contributed by atoms with van der Waals surface area (Å²) in [5, 5.41) is 22.9. The third kappa shape index (κ3) is 3.01. The number of carboxylic acid groups (broad SMARTS) is 1. The fraction of sp³-hybridized carbons (Fsp3) is 0.455. The first-order valence-corrected chi connectivity index (χ1v) is 6.57. The summed E-state index contributed by atoms with van der Waals surface area (Å²) in [6, 6.07) is 1.03. The molecule has 2 atom stereocenters. The van der Waals surface area contributed by atoms with E-state index in [1.165, 1.54) is 12.3 Å². The Bertz CT molecular complexity index is 523. The molecule has 2 N–H and O–H groups in total. The quantitative estimate of drug-likeness (QED) is 0.649.